The molecule has 0 amide bonds. The van der Waals surface area contributed by atoms with Crippen LogP contribution in [0.25, 0.3) is 0 Å². The standard InChI is InChI=1S/C15H14BrCl2NO/c1-15(9-20,11-7-6-10(16)8-13(11)18)19-14-5-3-2-4-12(14)17/h2-8,19-20H,9H2,1H3. The number of nitrogens with one attached hydrogen (secondary N) is 1. The second-order valence-electron chi connectivity index (χ2n) is 4.72. The Morgan fingerprint density at radius 3 is 2.45 bits per heavy atom. The van der Waals surface area contributed by atoms with Crippen molar-refractivity contribution in [2.75, 3.05) is 11.9 Å². The summed E-state index contributed by atoms with van der Waals surface area (Å²) in [6.07, 6.45) is 0. The van der Waals surface area contributed by atoms with E-state index in [4.69, 9.17) is 23.2 Å². The highest BCUT2D eigenvalue weighted by Crippen LogP contribution is 2.34. The van der Waals surface area contributed by atoms with Gasteiger partial charge in [-0.25, -0.2) is 0 Å². The van der Waals surface area contributed by atoms with Gasteiger partial charge in [-0.3, -0.25) is 0 Å². The van der Waals surface area contributed by atoms with E-state index in [1.807, 2.05) is 37.3 Å². The van der Waals surface area contributed by atoms with Gasteiger partial charge in [0, 0.05) is 9.50 Å². The van der Waals surface area contributed by atoms with Gasteiger partial charge in [0.05, 0.1) is 22.9 Å². The third-order valence-electron chi connectivity index (χ3n) is 3.13. The zero-order chi connectivity index (χ0) is 14.8. The molecule has 0 heterocycles. The molecule has 0 bridgehead atoms. The van der Waals surface area contributed by atoms with Gasteiger partial charge in [-0.15, -0.1) is 0 Å². The minimum absolute atomic E-state index is 0.112. The van der Waals surface area contributed by atoms with Gasteiger partial charge in [0.2, 0.25) is 0 Å². The van der Waals surface area contributed by atoms with Gasteiger partial charge >= 0.3 is 0 Å². The molecule has 2 rings (SSSR count). The van der Waals surface area contributed by atoms with Gasteiger partial charge in [-0.2, -0.15) is 0 Å². The molecule has 0 aliphatic heterocycles. The molecule has 1 atom stereocenters. The average molecular weight is 375 g/mol. The third-order valence-corrected chi connectivity index (χ3v) is 4.26. The first-order valence-electron chi connectivity index (χ1n) is 6.05. The number of halogens is 3. The van der Waals surface area contributed by atoms with Crippen molar-refractivity contribution in [3.63, 3.8) is 0 Å². The van der Waals surface area contributed by atoms with Gasteiger partial charge in [0.1, 0.15) is 0 Å². The lowest BCUT2D eigenvalue weighted by Gasteiger charge is -2.31. The van der Waals surface area contributed by atoms with Crippen LogP contribution in [0.4, 0.5) is 5.69 Å². The highest BCUT2D eigenvalue weighted by Gasteiger charge is 2.28. The van der Waals surface area contributed by atoms with Gasteiger partial charge < -0.3 is 10.4 Å². The predicted molar refractivity (Wildman–Crippen MR) is 88.7 cm³/mol. The van der Waals surface area contributed by atoms with Crippen molar-refractivity contribution in [3.8, 4) is 0 Å². The number of aliphatic hydroxyl groups excluding tert-OH is 1. The van der Waals surface area contributed by atoms with Crippen LogP contribution in [0.1, 0.15) is 12.5 Å². The average Bonchev–Trinajstić information content (AvgIpc) is 2.41. The number of benzene rings is 2. The molecular weight excluding hydrogens is 361 g/mol. The van der Waals surface area contributed by atoms with Crippen molar-refractivity contribution in [1.29, 1.82) is 0 Å². The zero-order valence-corrected chi connectivity index (χ0v) is 13.9. The normalized spacial score (nSPS) is 13.8. The first-order chi connectivity index (χ1) is 9.46. The van der Waals surface area contributed by atoms with E-state index in [9.17, 15) is 5.11 Å². The molecule has 0 spiro atoms. The Morgan fingerprint density at radius 2 is 1.85 bits per heavy atom. The summed E-state index contributed by atoms with van der Waals surface area (Å²) in [5.41, 5.74) is 0.845. The molecule has 0 aliphatic rings. The molecule has 2 N–H and O–H groups in total. The van der Waals surface area contributed by atoms with E-state index in [0.29, 0.717) is 10.0 Å². The van der Waals surface area contributed by atoms with Crippen molar-refractivity contribution in [3.05, 3.63) is 62.5 Å². The van der Waals surface area contributed by atoms with E-state index in [0.717, 1.165) is 15.7 Å². The zero-order valence-electron chi connectivity index (χ0n) is 10.8. The summed E-state index contributed by atoms with van der Waals surface area (Å²) in [7, 11) is 0. The number of para-hydroxylation sites is 1. The van der Waals surface area contributed by atoms with Crippen LogP contribution in [0.15, 0.2) is 46.9 Å². The molecule has 5 heteroatoms. The Hall–Kier alpha value is -0.740. The fourth-order valence-electron chi connectivity index (χ4n) is 1.99. The number of aliphatic hydroxyl groups is 1. The molecule has 0 fully saturated rings. The SMILES string of the molecule is CC(CO)(Nc1ccccc1Cl)c1ccc(Br)cc1Cl. The summed E-state index contributed by atoms with van der Waals surface area (Å²) < 4.78 is 0.893. The van der Waals surface area contributed by atoms with Gasteiger partial charge in [0.15, 0.2) is 0 Å². The van der Waals surface area contributed by atoms with Crippen LogP contribution in [0.5, 0.6) is 0 Å². The maximum absolute atomic E-state index is 9.81. The number of rotatable bonds is 4. The summed E-state index contributed by atoms with van der Waals surface area (Å²) in [5.74, 6) is 0. The number of hydrogen-bond acceptors (Lipinski definition) is 2. The van der Waals surface area contributed by atoms with Crippen LogP contribution in [0.3, 0.4) is 0 Å². The smallest absolute Gasteiger partial charge is 0.0843 e. The van der Waals surface area contributed by atoms with Crippen molar-refractivity contribution in [2.45, 2.75) is 12.5 Å². The largest absolute Gasteiger partial charge is 0.394 e. The molecule has 106 valence electrons. The topological polar surface area (TPSA) is 32.3 Å². The maximum atomic E-state index is 9.81. The molecule has 0 saturated carbocycles. The van der Waals surface area contributed by atoms with Crippen LogP contribution in [-0.4, -0.2) is 11.7 Å². The van der Waals surface area contributed by atoms with Crippen molar-refractivity contribution < 1.29 is 5.11 Å². The predicted octanol–water partition coefficient (Wildman–Crippen LogP) is 5.08. The van der Waals surface area contributed by atoms with Crippen molar-refractivity contribution >= 4 is 44.8 Å². The lowest BCUT2D eigenvalue weighted by Crippen LogP contribution is -2.36. The first-order valence-corrected chi connectivity index (χ1v) is 7.60. The molecule has 2 nitrogen and oxygen atoms in total. The number of anilines is 1. The molecule has 0 aromatic heterocycles. The van der Waals surface area contributed by atoms with Crippen LogP contribution >= 0.6 is 39.1 Å². The molecule has 2 aromatic rings. The highest BCUT2D eigenvalue weighted by molar-refractivity contribution is 9.10. The molecule has 0 radical (unpaired) electrons. The van der Waals surface area contributed by atoms with E-state index >= 15 is 0 Å². The van der Waals surface area contributed by atoms with Gasteiger partial charge in [-0.05, 0) is 36.8 Å². The van der Waals surface area contributed by atoms with Crippen molar-refractivity contribution in [2.24, 2.45) is 0 Å². The lowest BCUT2D eigenvalue weighted by atomic mass is 9.92. The van der Waals surface area contributed by atoms with E-state index in [1.54, 1.807) is 12.1 Å². The second kappa shape index (κ2) is 6.35. The van der Waals surface area contributed by atoms with Gasteiger partial charge in [0.25, 0.3) is 0 Å². The summed E-state index contributed by atoms with van der Waals surface area (Å²) in [5, 5.41) is 14.3. The molecule has 2 aromatic carbocycles. The minimum Gasteiger partial charge on any atom is -0.394 e. The molecule has 20 heavy (non-hydrogen) atoms. The van der Waals surface area contributed by atoms with Crippen LogP contribution < -0.4 is 5.32 Å². The number of hydrogen-bond donors (Lipinski definition) is 2. The summed E-state index contributed by atoms with van der Waals surface area (Å²) in [6.45, 7) is 1.77. The Balaban J connectivity index is 2.41. The fourth-order valence-corrected chi connectivity index (χ4v) is 3.05. The minimum atomic E-state index is -0.719. The Morgan fingerprint density at radius 1 is 1.15 bits per heavy atom. The molecule has 0 saturated heterocycles. The fraction of sp³-hybridized carbons (Fsp3) is 0.200. The maximum Gasteiger partial charge on any atom is 0.0843 e. The van der Waals surface area contributed by atoms with Crippen molar-refractivity contribution in [1.82, 2.24) is 0 Å². The Bertz CT molecular complexity index is 621. The van der Waals surface area contributed by atoms with E-state index in [2.05, 4.69) is 21.2 Å². The highest BCUT2D eigenvalue weighted by atomic mass is 79.9. The van der Waals surface area contributed by atoms with Crippen LogP contribution in [0.2, 0.25) is 10.0 Å². The van der Waals surface area contributed by atoms with E-state index in [1.165, 1.54) is 0 Å². The van der Waals surface area contributed by atoms with E-state index < -0.39 is 5.54 Å². The molecular formula is C15H14BrCl2NO. The molecule has 0 aliphatic carbocycles. The summed E-state index contributed by atoms with van der Waals surface area (Å²) in [6, 6.07) is 13.0. The Kier molecular flexibility index (Phi) is 4.97. The quantitative estimate of drug-likeness (QED) is 0.782. The lowest BCUT2D eigenvalue weighted by molar-refractivity contribution is 0.224. The molecule has 1 unspecified atom stereocenters. The summed E-state index contributed by atoms with van der Waals surface area (Å²) >= 11 is 15.8. The first kappa shape index (κ1) is 15.6. The third kappa shape index (κ3) is 3.29. The van der Waals surface area contributed by atoms with Gasteiger partial charge in [-0.1, -0.05) is 57.3 Å². The monoisotopic (exact) mass is 373 g/mol. The van der Waals surface area contributed by atoms with E-state index in [-0.39, 0.29) is 6.61 Å². The second-order valence-corrected chi connectivity index (χ2v) is 6.45. The van der Waals surface area contributed by atoms with Crippen LogP contribution in [-0.2, 0) is 5.54 Å². The summed E-state index contributed by atoms with van der Waals surface area (Å²) in [4.78, 5) is 0. The van der Waals surface area contributed by atoms with Crippen LogP contribution in [0, 0.1) is 0 Å². The Labute approximate surface area is 136 Å².